The van der Waals surface area contributed by atoms with Crippen molar-refractivity contribution in [1.82, 2.24) is 9.97 Å². The number of hydrogen-bond acceptors (Lipinski definition) is 5. The van der Waals surface area contributed by atoms with E-state index >= 15 is 0 Å². The van der Waals surface area contributed by atoms with Crippen molar-refractivity contribution in [2.75, 3.05) is 23.8 Å². The normalized spacial score (nSPS) is 16.7. The summed E-state index contributed by atoms with van der Waals surface area (Å²) in [7, 11) is 0. The maximum absolute atomic E-state index is 12.5. The Hall–Kier alpha value is -2.47. The first-order valence-electron chi connectivity index (χ1n) is 9.14. The number of amides is 1. The number of anilines is 2. The zero-order valence-electron chi connectivity index (χ0n) is 15.6. The third-order valence-electron chi connectivity index (χ3n) is 4.43. The topological polar surface area (TPSA) is 76.1 Å². The molecular weight excluding hydrogens is 328 g/mol. The predicted octanol–water partition coefficient (Wildman–Crippen LogP) is 3.75. The van der Waals surface area contributed by atoms with Crippen LogP contribution in [0, 0.1) is 6.92 Å². The van der Waals surface area contributed by atoms with E-state index in [4.69, 9.17) is 4.74 Å². The number of carbonyl (C=O) groups excluding carboxylic acids is 1. The fourth-order valence-corrected chi connectivity index (χ4v) is 2.92. The van der Waals surface area contributed by atoms with E-state index in [0.717, 1.165) is 30.8 Å². The predicted molar refractivity (Wildman–Crippen MR) is 103 cm³/mol. The van der Waals surface area contributed by atoms with Crippen LogP contribution in [-0.4, -0.2) is 35.1 Å². The minimum absolute atomic E-state index is 0.191. The van der Waals surface area contributed by atoms with Gasteiger partial charge in [0.15, 0.2) is 0 Å². The van der Waals surface area contributed by atoms with Crippen LogP contribution in [0.15, 0.2) is 30.3 Å². The van der Waals surface area contributed by atoms with Gasteiger partial charge in [0.1, 0.15) is 5.69 Å². The number of rotatable bonds is 6. The molecule has 0 spiro atoms. The lowest BCUT2D eigenvalue weighted by Crippen LogP contribution is -2.21. The van der Waals surface area contributed by atoms with Crippen molar-refractivity contribution in [1.29, 1.82) is 0 Å². The van der Waals surface area contributed by atoms with Gasteiger partial charge in [0.05, 0.1) is 6.10 Å². The van der Waals surface area contributed by atoms with Crippen LogP contribution in [0.25, 0.3) is 0 Å². The third kappa shape index (κ3) is 4.79. The number of aromatic nitrogens is 2. The van der Waals surface area contributed by atoms with Gasteiger partial charge in [-0.2, -0.15) is 0 Å². The van der Waals surface area contributed by atoms with Crippen molar-refractivity contribution in [3.63, 3.8) is 0 Å². The largest absolute Gasteiger partial charge is 0.376 e. The van der Waals surface area contributed by atoms with Gasteiger partial charge in [-0.15, -0.1) is 0 Å². The van der Waals surface area contributed by atoms with Crippen molar-refractivity contribution in [3.05, 3.63) is 47.3 Å². The van der Waals surface area contributed by atoms with Crippen LogP contribution >= 0.6 is 0 Å². The van der Waals surface area contributed by atoms with E-state index in [2.05, 4.69) is 34.4 Å². The van der Waals surface area contributed by atoms with Crippen LogP contribution < -0.4 is 10.6 Å². The molecule has 1 aliphatic rings. The second-order valence-electron chi connectivity index (χ2n) is 6.96. The zero-order chi connectivity index (χ0) is 18.5. The molecule has 0 radical (unpaired) electrons. The Morgan fingerprint density at radius 2 is 2.04 bits per heavy atom. The van der Waals surface area contributed by atoms with E-state index in [-0.39, 0.29) is 12.0 Å². The van der Waals surface area contributed by atoms with Gasteiger partial charge < -0.3 is 15.4 Å². The Morgan fingerprint density at radius 3 is 2.69 bits per heavy atom. The maximum Gasteiger partial charge on any atom is 0.274 e. The Bertz CT molecular complexity index is 753. The molecule has 1 atom stereocenters. The molecule has 1 aromatic heterocycles. The summed E-state index contributed by atoms with van der Waals surface area (Å²) in [6.45, 7) is 7.60. The second-order valence-corrected chi connectivity index (χ2v) is 6.96. The molecule has 6 nitrogen and oxygen atoms in total. The van der Waals surface area contributed by atoms with E-state index in [1.54, 1.807) is 6.07 Å². The molecular formula is C20H26N4O2. The summed E-state index contributed by atoms with van der Waals surface area (Å²) in [6, 6.07) is 9.57. The molecule has 1 amide bonds. The molecule has 1 aromatic carbocycles. The maximum atomic E-state index is 12.5. The van der Waals surface area contributed by atoms with Crippen molar-refractivity contribution in [3.8, 4) is 0 Å². The summed E-state index contributed by atoms with van der Waals surface area (Å²) in [5.41, 5.74) is 3.08. The average Bonchev–Trinajstić information content (AvgIpc) is 3.13. The first-order chi connectivity index (χ1) is 12.5. The van der Waals surface area contributed by atoms with Crippen molar-refractivity contribution in [2.24, 2.45) is 0 Å². The number of hydrogen-bond donors (Lipinski definition) is 2. The number of nitrogens with zero attached hydrogens (tertiary/aromatic N) is 2. The fraction of sp³-hybridized carbons (Fsp3) is 0.450. The SMILES string of the molecule is Cc1cc(C(=O)Nc2ccc(C(C)C)cc2)nc(NCC2CCCO2)n1. The standard InChI is InChI=1S/C20H26N4O2/c1-13(2)15-6-8-16(9-7-15)23-19(25)18-11-14(3)22-20(24-18)21-12-17-5-4-10-26-17/h6-9,11,13,17H,4-5,10,12H2,1-3H3,(H,23,25)(H,21,22,24). The van der Waals surface area contributed by atoms with E-state index in [1.807, 2.05) is 31.2 Å². The Labute approximate surface area is 154 Å². The minimum atomic E-state index is -0.243. The summed E-state index contributed by atoms with van der Waals surface area (Å²) >= 11 is 0. The van der Waals surface area contributed by atoms with Gasteiger partial charge in [0, 0.05) is 24.5 Å². The van der Waals surface area contributed by atoms with Crippen molar-refractivity contribution < 1.29 is 9.53 Å². The van der Waals surface area contributed by atoms with Crippen LogP contribution in [-0.2, 0) is 4.74 Å². The van der Waals surface area contributed by atoms with Crippen LogP contribution in [0.4, 0.5) is 11.6 Å². The zero-order valence-corrected chi connectivity index (χ0v) is 15.6. The molecule has 6 heteroatoms. The van der Waals surface area contributed by atoms with Gasteiger partial charge in [0.25, 0.3) is 5.91 Å². The van der Waals surface area contributed by atoms with Gasteiger partial charge in [0.2, 0.25) is 5.95 Å². The molecule has 138 valence electrons. The highest BCUT2D eigenvalue weighted by Crippen LogP contribution is 2.18. The first kappa shape index (κ1) is 18.3. The van der Waals surface area contributed by atoms with E-state index in [9.17, 15) is 4.79 Å². The smallest absolute Gasteiger partial charge is 0.274 e. The number of benzene rings is 1. The highest BCUT2D eigenvalue weighted by Gasteiger charge is 2.16. The molecule has 3 rings (SSSR count). The summed E-state index contributed by atoms with van der Waals surface area (Å²) in [5, 5.41) is 6.07. The molecule has 26 heavy (non-hydrogen) atoms. The molecule has 0 aliphatic carbocycles. The van der Waals surface area contributed by atoms with Gasteiger partial charge in [-0.1, -0.05) is 26.0 Å². The van der Waals surface area contributed by atoms with Gasteiger partial charge in [-0.25, -0.2) is 9.97 Å². The molecule has 1 fully saturated rings. The first-order valence-corrected chi connectivity index (χ1v) is 9.14. The molecule has 2 N–H and O–H groups in total. The van der Waals surface area contributed by atoms with E-state index < -0.39 is 0 Å². The summed E-state index contributed by atoms with van der Waals surface area (Å²) in [4.78, 5) is 21.2. The number of aryl methyl sites for hydroxylation is 1. The van der Waals surface area contributed by atoms with E-state index in [0.29, 0.717) is 24.1 Å². The fourth-order valence-electron chi connectivity index (χ4n) is 2.92. The summed E-state index contributed by atoms with van der Waals surface area (Å²) < 4.78 is 5.59. The number of carbonyl (C=O) groups is 1. The highest BCUT2D eigenvalue weighted by molar-refractivity contribution is 6.03. The summed E-state index contributed by atoms with van der Waals surface area (Å²) in [6.07, 6.45) is 2.32. The second kappa shape index (κ2) is 8.27. The van der Waals surface area contributed by atoms with Crippen LogP contribution in [0.2, 0.25) is 0 Å². The van der Waals surface area contributed by atoms with Crippen LogP contribution in [0.3, 0.4) is 0 Å². The van der Waals surface area contributed by atoms with Gasteiger partial charge in [-0.3, -0.25) is 4.79 Å². The Morgan fingerprint density at radius 1 is 1.27 bits per heavy atom. The van der Waals surface area contributed by atoms with Crippen LogP contribution in [0.5, 0.6) is 0 Å². The molecule has 1 unspecified atom stereocenters. The molecule has 2 aromatic rings. The lowest BCUT2D eigenvalue weighted by atomic mass is 10.0. The summed E-state index contributed by atoms with van der Waals surface area (Å²) in [5.74, 6) is 0.676. The number of nitrogens with one attached hydrogen (secondary N) is 2. The lowest BCUT2D eigenvalue weighted by molar-refractivity contribution is 0.102. The highest BCUT2D eigenvalue weighted by atomic mass is 16.5. The minimum Gasteiger partial charge on any atom is -0.376 e. The van der Waals surface area contributed by atoms with Gasteiger partial charge >= 0.3 is 0 Å². The Kier molecular flexibility index (Phi) is 5.83. The molecule has 1 aliphatic heterocycles. The van der Waals surface area contributed by atoms with Crippen LogP contribution in [0.1, 0.15) is 54.4 Å². The van der Waals surface area contributed by atoms with Gasteiger partial charge in [-0.05, 0) is 49.4 Å². The Balaban J connectivity index is 1.66. The van der Waals surface area contributed by atoms with Crippen molar-refractivity contribution >= 4 is 17.5 Å². The molecule has 0 saturated carbocycles. The molecule has 0 bridgehead atoms. The molecule has 1 saturated heterocycles. The monoisotopic (exact) mass is 354 g/mol. The third-order valence-corrected chi connectivity index (χ3v) is 4.43. The van der Waals surface area contributed by atoms with Crippen molar-refractivity contribution in [2.45, 2.75) is 45.6 Å². The molecule has 2 heterocycles. The average molecular weight is 354 g/mol. The van der Waals surface area contributed by atoms with E-state index in [1.165, 1.54) is 5.56 Å². The number of ether oxygens (including phenoxy) is 1. The quantitative estimate of drug-likeness (QED) is 0.826. The lowest BCUT2D eigenvalue weighted by Gasteiger charge is -2.12.